The van der Waals surface area contributed by atoms with Gasteiger partial charge in [-0.3, -0.25) is 4.90 Å². The van der Waals surface area contributed by atoms with Crippen molar-refractivity contribution in [3.8, 4) is 0 Å². The Hall–Kier alpha value is -1.59. The third kappa shape index (κ3) is 2.72. The van der Waals surface area contributed by atoms with Crippen LogP contribution in [0.5, 0.6) is 0 Å². The fourth-order valence-corrected chi connectivity index (χ4v) is 5.24. The summed E-state index contributed by atoms with van der Waals surface area (Å²) in [5.41, 5.74) is 0.583. The monoisotopic (exact) mass is 357 g/mol. The van der Waals surface area contributed by atoms with Gasteiger partial charge in [0.15, 0.2) is 0 Å². The molecular formula is C21H31N3O2. The molecule has 142 valence electrons. The molecule has 3 fully saturated rings. The van der Waals surface area contributed by atoms with Crippen molar-refractivity contribution >= 4 is 6.03 Å². The molecule has 1 saturated heterocycles. The van der Waals surface area contributed by atoms with E-state index in [0.29, 0.717) is 13.1 Å². The first-order valence-corrected chi connectivity index (χ1v) is 9.90. The number of nitrogens with one attached hydrogen (secondary N) is 1. The highest BCUT2D eigenvalue weighted by Gasteiger charge is 2.54. The number of amides is 2. The Morgan fingerprint density at radius 3 is 2.27 bits per heavy atom. The number of benzene rings is 1. The van der Waals surface area contributed by atoms with E-state index in [4.69, 9.17) is 0 Å². The van der Waals surface area contributed by atoms with Crippen LogP contribution in [0.25, 0.3) is 0 Å². The fourth-order valence-electron chi connectivity index (χ4n) is 5.24. The summed E-state index contributed by atoms with van der Waals surface area (Å²) in [4.78, 5) is 16.8. The molecule has 3 aliphatic rings. The van der Waals surface area contributed by atoms with Crippen LogP contribution in [0.2, 0.25) is 0 Å². The van der Waals surface area contributed by atoms with E-state index in [1.165, 1.54) is 5.56 Å². The van der Waals surface area contributed by atoms with Gasteiger partial charge in [0.2, 0.25) is 0 Å². The van der Waals surface area contributed by atoms with Gasteiger partial charge < -0.3 is 15.3 Å². The van der Waals surface area contributed by atoms with Crippen molar-refractivity contribution in [1.82, 2.24) is 15.1 Å². The number of nitrogens with zero attached hydrogens (tertiary/aromatic N) is 2. The summed E-state index contributed by atoms with van der Waals surface area (Å²) in [6.45, 7) is 1.19. The number of carbonyl (C=O) groups is 1. The van der Waals surface area contributed by atoms with Crippen LogP contribution >= 0.6 is 0 Å². The van der Waals surface area contributed by atoms with Gasteiger partial charge in [-0.05, 0) is 64.6 Å². The van der Waals surface area contributed by atoms with E-state index in [1.54, 1.807) is 0 Å². The Kier molecular flexibility index (Phi) is 4.27. The van der Waals surface area contributed by atoms with Crippen molar-refractivity contribution in [3.05, 3.63) is 35.9 Å². The molecule has 5 nitrogen and oxygen atoms in total. The summed E-state index contributed by atoms with van der Waals surface area (Å²) >= 11 is 0. The van der Waals surface area contributed by atoms with Crippen LogP contribution < -0.4 is 5.32 Å². The molecule has 0 unspecified atom stereocenters. The van der Waals surface area contributed by atoms with Crippen molar-refractivity contribution in [2.24, 2.45) is 0 Å². The van der Waals surface area contributed by atoms with Crippen LogP contribution in [0.1, 0.15) is 50.5 Å². The molecule has 1 aromatic carbocycles. The largest absolute Gasteiger partial charge is 0.388 e. The van der Waals surface area contributed by atoms with Gasteiger partial charge in [0.1, 0.15) is 0 Å². The smallest absolute Gasteiger partial charge is 0.318 e. The van der Waals surface area contributed by atoms with Gasteiger partial charge in [-0.25, -0.2) is 4.79 Å². The minimum absolute atomic E-state index is 0.00221. The van der Waals surface area contributed by atoms with Crippen LogP contribution in [0.15, 0.2) is 30.3 Å². The second-order valence-corrected chi connectivity index (χ2v) is 8.84. The maximum atomic E-state index is 12.5. The van der Waals surface area contributed by atoms with Gasteiger partial charge in [0, 0.05) is 12.1 Å². The molecule has 2 aliphatic carbocycles. The molecule has 0 atom stereocenters. The highest BCUT2D eigenvalue weighted by atomic mass is 16.3. The molecule has 0 aromatic heterocycles. The van der Waals surface area contributed by atoms with E-state index < -0.39 is 5.60 Å². The molecule has 4 rings (SSSR count). The zero-order chi connectivity index (χ0) is 18.4. The van der Waals surface area contributed by atoms with Gasteiger partial charge >= 0.3 is 6.03 Å². The van der Waals surface area contributed by atoms with E-state index in [2.05, 4.69) is 54.6 Å². The van der Waals surface area contributed by atoms with Crippen LogP contribution in [-0.4, -0.2) is 59.3 Å². The van der Waals surface area contributed by atoms with E-state index >= 15 is 0 Å². The van der Waals surface area contributed by atoms with E-state index in [1.807, 2.05) is 4.90 Å². The highest BCUT2D eigenvalue weighted by molar-refractivity contribution is 5.78. The first-order valence-electron chi connectivity index (χ1n) is 9.90. The van der Waals surface area contributed by atoms with E-state index in [9.17, 15) is 9.90 Å². The summed E-state index contributed by atoms with van der Waals surface area (Å²) in [6.07, 6.45) is 6.68. The molecule has 0 radical (unpaired) electrons. The van der Waals surface area contributed by atoms with Gasteiger partial charge in [-0.15, -0.1) is 0 Å². The number of urea groups is 1. The van der Waals surface area contributed by atoms with Crippen molar-refractivity contribution in [3.63, 3.8) is 0 Å². The minimum Gasteiger partial charge on any atom is -0.388 e. The van der Waals surface area contributed by atoms with Gasteiger partial charge in [-0.1, -0.05) is 30.3 Å². The van der Waals surface area contributed by atoms with Crippen LogP contribution in [-0.2, 0) is 5.54 Å². The van der Waals surface area contributed by atoms with E-state index in [-0.39, 0.29) is 17.1 Å². The molecule has 1 aliphatic heterocycles. The number of β-amino-alcohol motifs (C(OH)–C–C–N with tert-alkyl or cyclic N) is 1. The Labute approximate surface area is 156 Å². The lowest BCUT2D eigenvalue weighted by Crippen LogP contribution is -2.59. The lowest BCUT2D eigenvalue weighted by atomic mass is 9.68. The molecular weight excluding hydrogens is 326 g/mol. The number of rotatable bonds is 4. The fraction of sp³-hybridized carbons (Fsp3) is 0.667. The second kappa shape index (κ2) is 6.24. The summed E-state index contributed by atoms with van der Waals surface area (Å²) in [5, 5.41) is 13.7. The zero-order valence-corrected chi connectivity index (χ0v) is 16.0. The summed E-state index contributed by atoms with van der Waals surface area (Å²) in [5.74, 6) is 0. The predicted molar refractivity (Wildman–Crippen MR) is 102 cm³/mol. The maximum Gasteiger partial charge on any atom is 0.318 e. The molecule has 1 heterocycles. The Balaban J connectivity index is 1.56. The normalized spacial score (nSPS) is 33.4. The van der Waals surface area contributed by atoms with E-state index in [0.717, 1.165) is 44.9 Å². The average molecular weight is 357 g/mol. The van der Waals surface area contributed by atoms with Crippen LogP contribution in [0.3, 0.4) is 0 Å². The molecule has 26 heavy (non-hydrogen) atoms. The molecule has 1 spiro atoms. The average Bonchev–Trinajstić information content (AvgIpc) is 2.91. The standard InChI is InChI=1S/C21H31N3O2/c1-23(2)21(17-7-4-3-5-8-17)13-11-19(12-14-21)15-22-18(25)24(19)16-20(26)9-6-10-20/h3-5,7-8,26H,6,9-16H2,1-2H3,(H,22,25). The lowest BCUT2D eigenvalue weighted by molar-refractivity contribution is -0.0725. The summed E-state index contributed by atoms with van der Waals surface area (Å²) in [7, 11) is 4.33. The minimum atomic E-state index is -0.663. The highest BCUT2D eigenvalue weighted by Crippen LogP contribution is 2.48. The van der Waals surface area contributed by atoms with Crippen molar-refractivity contribution < 1.29 is 9.90 Å². The number of hydrogen-bond donors (Lipinski definition) is 2. The molecule has 0 bridgehead atoms. The molecule has 2 saturated carbocycles. The molecule has 5 heteroatoms. The maximum absolute atomic E-state index is 12.5. The first kappa shape index (κ1) is 17.8. The quantitative estimate of drug-likeness (QED) is 0.871. The number of hydrogen-bond acceptors (Lipinski definition) is 3. The van der Waals surface area contributed by atoms with Gasteiger partial charge in [0.05, 0.1) is 17.7 Å². The second-order valence-electron chi connectivity index (χ2n) is 8.84. The first-order chi connectivity index (χ1) is 12.4. The number of aliphatic hydroxyl groups is 1. The van der Waals surface area contributed by atoms with Crippen LogP contribution in [0.4, 0.5) is 4.79 Å². The summed E-state index contributed by atoms with van der Waals surface area (Å²) < 4.78 is 0. The topological polar surface area (TPSA) is 55.8 Å². The Morgan fingerprint density at radius 2 is 1.73 bits per heavy atom. The number of carbonyl (C=O) groups excluding carboxylic acids is 1. The third-order valence-electron chi connectivity index (χ3n) is 7.30. The van der Waals surface area contributed by atoms with Crippen LogP contribution in [0, 0.1) is 0 Å². The Morgan fingerprint density at radius 1 is 1.08 bits per heavy atom. The van der Waals surface area contributed by atoms with Crippen molar-refractivity contribution in [2.75, 3.05) is 27.2 Å². The van der Waals surface area contributed by atoms with Crippen molar-refractivity contribution in [2.45, 2.75) is 61.6 Å². The van der Waals surface area contributed by atoms with Gasteiger partial charge in [0.25, 0.3) is 0 Å². The zero-order valence-electron chi connectivity index (χ0n) is 16.0. The SMILES string of the molecule is CN(C)C1(c2ccccc2)CCC2(CC1)CNC(=O)N2CC1(O)CCC1. The predicted octanol–water partition coefficient (Wildman–Crippen LogP) is 2.70. The molecule has 2 N–H and O–H groups in total. The summed E-state index contributed by atoms with van der Waals surface area (Å²) in [6, 6.07) is 10.8. The van der Waals surface area contributed by atoms with Gasteiger partial charge in [-0.2, -0.15) is 0 Å². The Bertz CT molecular complexity index is 661. The molecule has 1 aromatic rings. The third-order valence-corrected chi connectivity index (χ3v) is 7.30. The lowest BCUT2D eigenvalue weighted by Gasteiger charge is -2.52. The molecule has 2 amide bonds. The van der Waals surface area contributed by atoms with Crippen molar-refractivity contribution in [1.29, 1.82) is 0 Å².